The van der Waals surface area contributed by atoms with Crippen LogP contribution in [0.1, 0.15) is 24.9 Å². The topological polar surface area (TPSA) is 81.8 Å². The zero-order valence-corrected chi connectivity index (χ0v) is 24.5. The van der Waals surface area contributed by atoms with Crippen molar-refractivity contribution in [1.29, 1.82) is 5.26 Å². The summed E-state index contributed by atoms with van der Waals surface area (Å²) >= 11 is 6.80. The number of nitriles is 1. The first-order valence-corrected chi connectivity index (χ1v) is 14.5. The number of hydrogen-bond donors (Lipinski definition) is 0. The van der Waals surface area contributed by atoms with Crippen LogP contribution in [0.15, 0.2) is 41.7 Å². The Kier molecular flexibility index (Phi) is 7.58. The molecule has 0 spiro atoms. The van der Waals surface area contributed by atoms with Gasteiger partial charge in [0.05, 0.1) is 28.8 Å². The molecule has 1 aromatic heterocycles. The zero-order chi connectivity index (χ0) is 31.5. The molecule has 0 saturated carbocycles. The number of nitrogens with zero attached hydrogens (tertiary/aromatic N) is 5. The smallest absolute Gasteiger partial charge is 0.271 e. The number of pyridine rings is 1. The lowest BCUT2D eigenvalue weighted by atomic mass is 9.96. The summed E-state index contributed by atoms with van der Waals surface area (Å²) in [5, 5.41) is 10.8. The van der Waals surface area contributed by atoms with Gasteiger partial charge in [0.2, 0.25) is 5.91 Å². The van der Waals surface area contributed by atoms with Crippen LogP contribution in [0, 0.1) is 23.0 Å². The van der Waals surface area contributed by atoms with Gasteiger partial charge >= 0.3 is 0 Å². The highest BCUT2D eigenvalue weighted by Crippen LogP contribution is 2.48. The summed E-state index contributed by atoms with van der Waals surface area (Å²) in [5.74, 6) is -4.72. The standard InChI is InChI=1S/C31H28ClF4N5O3/c1-3-25(42)39-8-9-40(17(2)13-39)27-21-11-23(32)26(20-5-4-18(33)10-24(20)34)29-28(21)41(30(43)22(27)12-37)19(15-44-29)14-38-7-6-31(35,36)16-38/h3-5,10-11,17,19H,1,6-9,13-16H2,2H3/t17-,19?/m0/s1. The van der Waals surface area contributed by atoms with Crippen LogP contribution in [0.2, 0.25) is 5.02 Å². The lowest BCUT2D eigenvalue weighted by Gasteiger charge is -2.42. The molecule has 44 heavy (non-hydrogen) atoms. The Labute approximate surface area is 255 Å². The van der Waals surface area contributed by atoms with Gasteiger partial charge in [-0.05, 0) is 31.2 Å². The Balaban J connectivity index is 1.59. The van der Waals surface area contributed by atoms with Crippen LogP contribution in [-0.4, -0.2) is 78.1 Å². The Morgan fingerprint density at radius 3 is 2.66 bits per heavy atom. The number of likely N-dealkylation sites (tertiary alicyclic amines) is 1. The highest BCUT2D eigenvalue weighted by Gasteiger charge is 2.41. The third-order valence-corrected chi connectivity index (χ3v) is 8.89. The summed E-state index contributed by atoms with van der Waals surface area (Å²) in [5.41, 5.74) is -0.268. The van der Waals surface area contributed by atoms with E-state index >= 15 is 4.39 Å². The highest BCUT2D eigenvalue weighted by molar-refractivity contribution is 6.35. The molecule has 0 N–H and O–H groups in total. The molecule has 2 fully saturated rings. The van der Waals surface area contributed by atoms with Crippen LogP contribution < -0.4 is 15.2 Å². The Morgan fingerprint density at radius 2 is 2.02 bits per heavy atom. The second-order valence-corrected chi connectivity index (χ2v) is 11.8. The van der Waals surface area contributed by atoms with Gasteiger partial charge in [-0.2, -0.15) is 5.26 Å². The van der Waals surface area contributed by atoms with Crippen molar-refractivity contribution in [2.24, 2.45) is 0 Å². The average molecular weight is 630 g/mol. The molecule has 0 radical (unpaired) electrons. The van der Waals surface area contributed by atoms with E-state index in [1.165, 1.54) is 22.8 Å². The lowest BCUT2D eigenvalue weighted by Crippen LogP contribution is -2.54. The first kappa shape index (κ1) is 30.0. The van der Waals surface area contributed by atoms with Gasteiger partial charge < -0.3 is 14.5 Å². The van der Waals surface area contributed by atoms with E-state index in [2.05, 4.69) is 12.6 Å². The molecule has 13 heteroatoms. The molecule has 1 amide bonds. The molecule has 6 rings (SSSR count). The Hall–Kier alpha value is -4.08. The van der Waals surface area contributed by atoms with Crippen molar-refractivity contribution in [1.82, 2.24) is 14.4 Å². The van der Waals surface area contributed by atoms with Gasteiger partial charge in [-0.3, -0.25) is 19.1 Å². The first-order valence-electron chi connectivity index (χ1n) is 14.1. The van der Waals surface area contributed by atoms with Crippen molar-refractivity contribution in [3.8, 4) is 22.9 Å². The maximum Gasteiger partial charge on any atom is 0.271 e. The number of benzene rings is 2. The summed E-state index contributed by atoms with van der Waals surface area (Å²) in [6, 6.07) is 5.51. The Morgan fingerprint density at radius 1 is 1.25 bits per heavy atom. The molecule has 2 saturated heterocycles. The van der Waals surface area contributed by atoms with Gasteiger partial charge in [0.1, 0.15) is 29.9 Å². The minimum atomic E-state index is -2.86. The second-order valence-electron chi connectivity index (χ2n) is 11.4. The fraction of sp³-hybridized carbons (Fsp3) is 0.387. The van der Waals surface area contributed by atoms with Crippen LogP contribution in [0.5, 0.6) is 5.75 Å². The van der Waals surface area contributed by atoms with E-state index in [-0.39, 0.29) is 83.3 Å². The van der Waals surface area contributed by atoms with Gasteiger partial charge in [0.25, 0.3) is 11.5 Å². The highest BCUT2D eigenvalue weighted by atomic mass is 35.5. The van der Waals surface area contributed by atoms with E-state index in [1.54, 1.807) is 9.80 Å². The maximum atomic E-state index is 15.1. The molecule has 4 heterocycles. The van der Waals surface area contributed by atoms with Crippen LogP contribution in [0.3, 0.4) is 0 Å². The van der Waals surface area contributed by atoms with Gasteiger partial charge in [0, 0.05) is 67.8 Å². The van der Waals surface area contributed by atoms with Crippen LogP contribution in [0.25, 0.3) is 22.0 Å². The third kappa shape index (κ3) is 4.98. The van der Waals surface area contributed by atoms with Crippen molar-refractivity contribution < 1.29 is 27.1 Å². The number of ether oxygens (including phenoxy) is 1. The SMILES string of the molecule is C=CC(=O)N1CCN(c2c(C#N)c(=O)n3c4c(c(-c5ccc(F)cc5F)c(Cl)cc24)OCC3CN2CCC(F)(F)C2)[C@@H](C)C1. The molecule has 1 unspecified atom stereocenters. The summed E-state index contributed by atoms with van der Waals surface area (Å²) < 4.78 is 64.7. The molecule has 3 aliphatic heterocycles. The minimum absolute atomic E-state index is 0.0408. The number of carbonyl (C=O) groups is 1. The van der Waals surface area contributed by atoms with Crippen LogP contribution >= 0.6 is 11.6 Å². The number of hydrogen-bond acceptors (Lipinski definition) is 6. The van der Waals surface area contributed by atoms with Crippen molar-refractivity contribution >= 4 is 34.1 Å². The normalized spacial score (nSPS) is 21.3. The van der Waals surface area contributed by atoms with Gasteiger partial charge in [0.15, 0.2) is 5.75 Å². The molecule has 3 aromatic rings. The van der Waals surface area contributed by atoms with Crippen LogP contribution in [0.4, 0.5) is 23.2 Å². The number of carbonyl (C=O) groups excluding carboxylic acids is 1. The maximum absolute atomic E-state index is 15.1. The van der Waals surface area contributed by atoms with E-state index in [4.69, 9.17) is 16.3 Å². The number of rotatable bonds is 5. The molecule has 230 valence electrons. The Bertz CT molecular complexity index is 1810. The molecule has 8 nitrogen and oxygen atoms in total. The fourth-order valence-corrected chi connectivity index (χ4v) is 6.89. The van der Waals surface area contributed by atoms with Crippen molar-refractivity contribution in [2.75, 3.05) is 50.8 Å². The molecule has 3 aliphatic rings. The predicted octanol–water partition coefficient (Wildman–Crippen LogP) is 4.97. The van der Waals surface area contributed by atoms with Gasteiger partial charge in [-0.1, -0.05) is 18.2 Å². The monoisotopic (exact) mass is 629 g/mol. The van der Waals surface area contributed by atoms with Crippen molar-refractivity contribution in [2.45, 2.75) is 31.4 Å². The van der Waals surface area contributed by atoms with Gasteiger partial charge in [-0.25, -0.2) is 17.6 Å². The number of halogens is 5. The summed E-state index contributed by atoms with van der Waals surface area (Å²) in [4.78, 5) is 31.6. The van der Waals surface area contributed by atoms with Crippen LogP contribution in [-0.2, 0) is 4.79 Å². The van der Waals surface area contributed by atoms with E-state index in [0.717, 1.165) is 6.07 Å². The van der Waals surface area contributed by atoms with Crippen molar-refractivity contribution in [3.05, 3.63) is 69.5 Å². The zero-order valence-electron chi connectivity index (χ0n) is 23.8. The molecule has 2 atom stereocenters. The van der Waals surface area contributed by atoms with E-state index in [0.29, 0.717) is 24.5 Å². The summed E-state index contributed by atoms with van der Waals surface area (Å²) in [6.45, 7) is 5.83. The summed E-state index contributed by atoms with van der Waals surface area (Å²) in [6.07, 6.45) is 0.910. The van der Waals surface area contributed by atoms with E-state index in [9.17, 15) is 28.0 Å². The third-order valence-electron chi connectivity index (χ3n) is 8.59. The number of anilines is 1. The van der Waals surface area contributed by atoms with E-state index in [1.807, 2.05) is 11.8 Å². The number of amides is 1. The lowest BCUT2D eigenvalue weighted by molar-refractivity contribution is -0.126. The fourth-order valence-electron chi connectivity index (χ4n) is 6.59. The first-order chi connectivity index (χ1) is 20.9. The molecular weight excluding hydrogens is 602 g/mol. The number of alkyl halides is 2. The van der Waals surface area contributed by atoms with E-state index < -0.39 is 35.7 Å². The average Bonchev–Trinajstić information content (AvgIpc) is 3.33. The summed E-state index contributed by atoms with van der Waals surface area (Å²) in [7, 11) is 0. The number of piperazine rings is 1. The van der Waals surface area contributed by atoms with Gasteiger partial charge in [-0.15, -0.1) is 0 Å². The quantitative estimate of drug-likeness (QED) is 0.293. The molecule has 0 aliphatic carbocycles. The molecule has 0 bridgehead atoms. The minimum Gasteiger partial charge on any atom is -0.488 e. The van der Waals surface area contributed by atoms with Crippen molar-refractivity contribution in [3.63, 3.8) is 0 Å². The second kappa shape index (κ2) is 11.1. The molecular formula is C31H28ClF4N5O3. The molecule has 2 aromatic carbocycles. The predicted molar refractivity (Wildman–Crippen MR) is 157 cm³/mol. The largest absolute Gasteiger partial charge is 0.488 e. The number of aromatic nitrogens is 1.